The molecule has 0 aliphatic carbocycles. The number of amides is 1. The maximum atomic E-state index is 12.6. The van der Waals surface area contributed by atoms with E-state index >= 15 is 0 Å². The number of ether oxygens (including phenoxy) is 1. The van der Waals surface area contributed by atoms with Crippen LogP contribution < -0.4 is 0 Å². The van der Waals surface area contributed by atoms with Gasteiger partial charge < -0.3 is 9.16 Å². The van der Waals surface area contributed by atoms with Gasteiger partial charge in [-0.25, -0.2) is 4.79 Å². The lowest BCUT2D eigenvalue weighted by atomic mass is 9.83. The topological polar surface area (TPSA) is 38.8 Å². The predicted octanol–water partition coefficient (Wildman–Crippen LogP) is 3.97. The number of carbonyl (C=O) groups excluding carboxylic acids is 1. The van der Waals surface area contributed by atoms with Crippen molar-refractivity contribution in [2.75, 3.05) is 6.54 Å². The van der Waals surface area contributed by atoms with Crippen molar-refractivity contribution in [1.29, 1.82) is 0 Å². The smallest absolute Gasteiger partial charge is 0.410 e. The molecule has 22 heavy (non-hydrogen) atoms. The van der Waals surface area contributed by atoms with Crippen LogP contribution in [0.4, 0.5) is 4.79 Å². The van der Waals surface area contributed by atoms with E-state index in [1.165, 1.54) is 0 Å². The van der Waals surface area contributed by atoms with Crippen LogP contribution in [0.5, 0.6) is 0 Å². The number of rotatable bonds is 3. The van der Waals surface area contributed by atoms with Crippen molar-refractivity contribution in [2.24, 2.45) is 5.41 Å². The van der Waals surface area contributed by atoms with Crippen molar-refractivity contribution >= 4 is 15.1 Å². The highest BCUT2D eigenvalue weighted by molar-refractivity contribution is 6.48. The van der Waals surface area contributed by atoms with Crippen LogP contribution in [0.2, 0.25) is 13.1 Å². The van der Waals surface area contributed by atoms with Crippen LogP contribution in [0.25, 0.3) is 0 Å². The Morgan fingerprint density at radius 1 is 1.27 bits per heavy atom. The molecule has 1 fully saturated rings. The Bertz CT molecular complexity index is 421. The summed E-state index contributed by atoms with van der Waals surface area (Å²) in [5.41, 5.74) is 0.544. The van der Waals surface area contributed by atoms with E-state index in [4.69, 9.17) is 9.16 Å². The first-order valence-electron chi connectivity index (χ1n) is 8.13. The Kier molecular flexibility index (Phi) is 5.90. The molecule has 2 atom stereocenters. The molecule has 1 heterocycles. The molecular formula is C17H33NO3Si. The molecular weight excluding hydrogens is 294 g/mol. The molecule has 4 nitrogen and oxygen atoms in total. The van der Waals surface area contributed by atoms with E-state index in [9.17, 15) is 4.79 Å². The monoisotopic (exact) mass is 327 g/mol. The summed E-state index contributed by atoms with van der Waals surface area (Å²) in [6, 6.07) is 0.0113. The lowest BCUT2D eigenvalue weighted by Crippen LogP contribution is -2.51. The van der Waals surface area contributed by atoms with E-state index in [1.54, 1.807) is 4.90 Å². The molecule has 0 aromatic heterocycles. The highest BCUT2D eigenvalue weighted by Gasteiger charge is 2.43. The second kappa shape index (κ2) is 6.75. The van der Waals surface area contributed by atoms with Gasteiger partial charge in [0, 0.05) is 6.54 Å². The van der Waals surface area contributed by atoms with Crippen LogP contribution in [-0.4, -0.2) is 44.3 Å². The second-order valence-corrected chi connectivity index (χ2v) is 11.0. The van der Waals surface area contributed by atoms with Crippen LogP contribution in [0.15, 0.2) is 12.2 Å². The minimum atomic E-state index is -1.21. The average Bonchev–Trinajstić information content (AvgIpc) is 2.63. The molecule has 1 amide bonds. The Morgan fingerprint density at radius 2 is 1.82 bits per heavy atom. The fourth-order valence-corrected chi connectivity index (χ4v) is 3.96. The van der Waals surface area contributed by atoms with Gasteiger partial charge in [-0.2, -0.15) is 0 Å². The summed E-state index contributed by atoms with van der Waals surface area (Å²) >= 11 is 0. The largest absolute Gasteiger partial charge is 0.444 e. The van der Waals surface area contributed by atoms with Gasteiger partial charge >= 0.3 is 6.09 Å². The molecule has 1 aliphatic rings. The second-order valence-electron chi connectivity index (χ2n) is 8.60. The van der Waals surface area contributed by atoms with Crippen LogP contribution in [0, 0.1) is 5.41 Å². The first-order valence-corrected chi connectivity index (χ1v) is 10.9. The third-order valence-corrected chi connectivity index (χ3v) is 4.38. The van der Waals surface area contributed by atoms with Crippen molar-refractivity contribution in [3.8, 4) is 0 Å². The first-order chi connectivity index (χ1) is 9.81. The van der Waals surface area contributed by atoms with E-state index in [1.807, 2.05) is 20.8 Å². The van der Waals surface area contributed by atoms with E-state index in [0.717, 1.165) is 12.0 Å². The summed E-state index contributed by atoms with van der Waals surface area (Å²) in [5, 5.41) is 0. The Labute approximate surface area is 137 Å². The van der Waals surface area contributed by atoms with E-state index in [0.29, 0.717) is 6.54 Å². The fourth-order valence-electron chi connectivity index (χ4n) is 2.78. The standard InChI is InChI=1S/C17H33NO3Si/c1-12-10-13(14(16(2,3)4)21-22(8)9)18(11-12)15(19)20-17(5,6)7/h13-14,22H,1,10-11H2,2-9H3/t13-,14?/m1/s1. The number of hydrogen-bond donors (Lipinski definition) is 0. The third-order valence-electron chi connectivity index (χ3n) is 3.54. The molecule has 0 aromatic rings. The molecule has 0 spiro atoms. The summed E-state index contributed by atoms with van der Waals surface area (Å²) < 4.78 is 11.9. The summed E-state index contributed by atoms with van der Waals surface area (Å²) in [6.07, 6.45) is 0.535. The SMILES string of the molecule is C=C1C[C@H](C(O[SiH](C)C)C(C)(C)C)N(C(=O)OC(C)(C)C)C1. The lowest BCUT2D eigenvalue weighted by Gasteiger charge is -2.40. The maximum Gasteiger partial charge on any atom is 0.410 e. The normalized spacial score (nSPS) is 21.4. The van der Waals surface area contributed by atoms with E-state index in [2.05, 4.69) is 40.4 Å². The summed E-state index contributed by atoms with van der Waals surface area (Å²) in [5.74, 6) is 0. The molecule has 5 heteroatoms. The minimum absolute atomic E-state index is 0.00550. The Balaban J connectivity index is 3.01. The molecule has 0 bridgehead atoms. The van der Waals surface area contributed by atoms with Gasteiger partial charge in [-0.3, -0.25) is 4.90 Å². The number of hydrogen-bond acceptors (Lipinski definition) is 3. The van der Waals surface area contributed by atoms with Gasteiger partial charge in [0.25, 0.3) is 0 Å². The average molecular weight is 328 g/mol. The highest BCUT2D eigenvalue weighted by atomic mass is 28.3. The molecule has 0 aromatic carbocycles. The molecule has 1 unspecified atom stereocenters. The van der Waals surface area contributed by atoms with Gasteiger partial charge in [0.2, 0.25) is 0 Å². The number of carbonyl (C=O) groups is 1. The number of nitrogens with zero attached hydrogens (tertiary/aromatic N) is 1. The molecule has 128 valence electrons. The zero-order valence-electron chi connectivity index (χ0n) is 15.5. The van der Waals surface area contributed by atoms with Crippen molar-refractivity contribution < 1.29 is 14.0 Å². The van der Waals surface area contributed by atoms with Crippen LogP contribution in [0.3, 0.4) is 0 Å². The minimum Gasteiger partial charge on any atom is -0.444 e. The quantitative estimate of drug-likeness (QED) is 0.581. The van der Waals surface area contributed by atoms with Crippen molar-refractivity contribution in [3.05, 3.63) is 12.2 Å². The van der Waals surface area contributed by atoms with Crippen LogP contribution >= 0.6 is 0 Å². The van der Waals surface area contributed by atoms with E-state index < -0.39 is 14.6 Å². The van der Waals surface area contributed by atoms with Crippen molar-refractivity contribution in [2.45, 2.75) is 78.8 Å². The van der Waals surface area contributed by atoms with Gasteiger partial charge in [-0.15, -0.1) is 0 Å². The molecule has 0 radical (unpaired) electrons. The van der Waals surface area contributed by atoms with Crippen LogP contribution in [0.1, 0.15) is 48.0 Å². The van der Waals surface area contributed by atoms with Gasteiger partial charge in [0.1, 0.15) is 5.60 Å². The van der Waals surface area contributed by atoms with Gasteiger partial charge in [-0.1, -0.05) is 32.9 Å². The lowest BCUT2D eigenvalue weighted by molar-refractivity contribution is -0.0133. The summed E-state index contributed by atoms with van der Waals surface area (Å²) in [7, 11) is -1.21. The predicted molar refractivity (Wildman–Crippen MR) is 93.7 cm³/mol. The molecule has 0 saturated carbocycles. The summed E-state index contributed by atoms with van der Waals surface area (Å²) in [4.78, 5) is 14.4. The Morgan fingerprint density at radius 3 is 2.23 bits per heavy atom. The zero-order chi connectivity index (χ0) is 17.3. The van der Waals surface area contributed by atoms with Gasteiger partial charge in [0.05, 0.1) is 12.1 Å². The van der Waals surface area contributed by atoms with E-state index in [-0.39, 0.29) is 23.7 Å². The number of likely N-dealkylation sites (tertiary alicyclic amines) is 1. The highest BCUT2D eigenvalue weighted by Crippen LogP contribution is 2.35. The maximum absolute atomic E-state index is 12.6. The van der Waals surface area contributed by atoms with Gasteiger partial charge in [-0.05, 0) is 45.7 Å². The Hall–Kier alpha value is -0.813. The fraction of sp³-hybridized carbons (Fsp3) is 0.824. The molecule has 1 saturated heterocycles. The first kappa shape index (κ1) is 19.2. The van der Waals surface area contributed by atoms with Crippen LogP contribution in [-0.2, 0) is 9.16 Å². The van der Waals surface area contributed by atoms with Crippen molar-refractivity contribution in [3.63, 3.8) is 0 Å². The molecule has 0 N–H and O–H groups in total. The zero-order valence-corrected chi connectivity index (χ0v) is 16.7. The third kappa shape index (κ3) is 5.43. The van der Waals surface area contributed by atoms with Crippen molar-refractivity contribution in [1.82, 2.24) is 4.90 Å². The summed E-state index contributed by atoms with van der Waals surface area (Å²) in [6.45, 7) is 21.2. The molecule has 1 aliphatic heterocycles. The molecule has 1 rings (SSSR count). The van der Waals surface area contributed by atoms with Gasteiger partial charge in [0.15, 0.2) is 9.04 Å².